The van der Waals surface area contributed by atoms with Gasteiger partial charge in [-0.3, -0.25) is 0 Å². The molecule has 0 aliphatic rings. The van der Waals surface area contributed by atoms with Crippen LogP contribution in [0, 0.1) is 56.7 Å². The summed E-state index contributed by atoms with van der Waals surface area (Å²) in [5.41, 5.74) is 12.4. The van der Waals surface area contributed by atoms with Crippen molar-refractivity contribution in [3.05, 3.63) is 192 Å². The standard InChI is InChI=1S/C53H27N7/c54-28-33-7-5-9-38(20-33)40-15-17-49-45(26-40)43-11-1-3-13-47(43)59(49)51-24-37(32-58)25-52(53(51)42-22-35(30-56)19-36(23-42)31-57)60-48-14-4-2-12-44(48)46-27-41(16-18-50(46)60)39-10-6-8-34(21-39)29-55/h1-27H. The van der Waals surface area contributed by atoms with Gasteiger partial charge in [0.2, 0.25) is 0 Å². The van der Waals surface area contributed by atoms with Gasteiger partial charge in [-0.2, -0.15) is 26.3 Å². The molecular formula is C53H27N7. The molecule has 8 aromatic carbocycles. The molecule has 0 N–H and O–H groups in total. The lowest BCUT2D eigenvalue weighted by atomic mass is 9.95. The highest BCUT2D eigenvalue weighted by atomic mass is 15.0. The average Bonchev–Trinajstić information content (AvgIpc) is 3.83. The number of aromatic nitrogens is 2. The second-order valence-corrected chi connectivity index (χ2v) is 14.6. The zero-order valence-electron chi connectivity index (χ0n) is 31.7. The molecule has 0 saturated heterocycles. The minimum absolute atomic E-state index is 0.336. The summed E-state index contributed by atoms with van der Waals surface area (Å²) in [5.74, 6) is 0. The van der Waals surface area contributed by atoms with Gasteiger partial charge in [-0.1, -0.05) is 72.8 Å². The molecule has 0 atom stereocenters. The Morgan fingerprint density at radius 1 is 0.283 bits per heavy atom. The number of hydrogen-bond acceptors (Lipinski definition) is 5. The number of fused-ring (bicyclic) bond motifs is 6. The molecule has 0 fully saturated rings. The Morgan fingerprint density at radius 2 is 0.667 bits per heavy atom. The van der Waals surface area contributed by atoms with Crippen molar-refractivity contribution in [3.63, 3.8) is 0 Å². The van der Waals surface area contributed by atoms with E-state index in [2.05, 4.69) is 88.0 Å². The number of para-hydroxylation sites is 2. The van der Waals surface area contributed by atoms with E-state index in [0.29, 0.717) is 44.8 Å². The second kappa shape index (κ2) is 14.1. The lowest BCUT2D eigenvalue weighted by Gasteiger charge is -2.21. The van der Waals surface area contributed by atoms with E-state index in [0.717, 1.165) is 71.4 Å². The number of nitriles is 5. The van der Waals surface area contributed by atoms with E-state index in [1.54, 1.807) is 30.3 Å². The molecule has 10 aromatic rings. The third-order valence-corrected chi connectivity index (χ3v) is 11.2. The average molecular weight is 762 g/mol. The summed E-state index contributed by atoms with van der Waals surface area (Å²) in [6.07, 6.45) is 0. The van der Waals surface area contributed by atoms with Gasteiger partial charge in [-0.05, 0) is 119 Å². The number of nitrogens with zero attached hydrogens (tertiary/aromatic N) is 7. The smallest absolute Gasteiger partial charge is 0.0993 e. The quantitative estimate of drug-likeness (QED) is 0.172. The van der Waals surface area contributed by atoms with Crippen LogP contribution in [-0.4, -0.2) is 9.13 Å². The van der Waals surface area contributed by atoms with Crippen molar-refractivity contribution < 1.29 is 0 Å². The minimum atomic E-state index is 0.336. The Kier molecular flexibility index (Phi) is 8.27. The van der Waals surface area contributed by atoms with Crippen molar-refractivity contribution in [1.29, 1.82) is 26.3 Å². The summed E-state index contributed by atoms with van der Waals surface area (Å²) in [5, 5.41) is 54.5. The lowest BCUT2D eigenvalue weighted by molar-refractivity contribution is 1.13. The van der Waals surface area contributed by atoms with Crippen LogP contribution < -0.4 is 0 Å². The maximum absolute atomic E-state index is 10.8. The van der Waals surface area contributed by atoms with Gasteiger partial charge in [0.1, 0.15) is 0 Å². The SMILES string of the molecule is N#Cc1cccc(-c2ccc3c(c2)c2ccccc2n3-c2cc(C#N)cc(-n3c4ccccc4c4cc(-c5cccc(C#N)c5)ccc43)c2-c2cc(C#N)cc(C#N)c2)c1. The topological polar surface area (TPSA) is 129 Å². The van der Waals surface area contributed by atoms with E-state index < -0.39 is 0 Å². The van der Waals surface area contributed by atoms with Crippen molar-refractivity contribution in [2.75, 3.05) is 0 Å². The van der Waals surface area contributed by atoms with Gasteiger partial charge >= 0.3 is 0 Å². The van der Waals surface area contributed by atoms with Gasteiger partial charge in [-0.15, -0.1) is 0 Å². The monoisotopic (exact) mass is 761 g/mol. The van der Waals surface area contributed by atoms with Crippen LogP contribution in [0.2, 0.25) is 0 Å². The molecule has 10 rings (SSSR count). The van der Waals surface area contributed by atoms with Crippen LogP contribution in [0.15, 0.2) is 164 Å². The molecule has 0 radical (unpaired) electrons. The van der Waals surface area contributed by atoms with Crippen molar-refractivity contribution in [1.82, 2.24) is 9.13 Å². The summed E-state index contributed by atoms with van der Waals surface area (Å²) in [4.78, 5) is 0. The zero-order valence-corrected chi connectivity index (χ0v) is 31.7. The van der Waals surface area contributed by atoms with Gasteiger partial charge in [0.15, 0.2) is 0 Å². The predicted octanol–water partition coefficient (Wildman–Crippen LogP) is 12.2. The van der Waals surface area contributed by atoms with Crippen molar-refractivity contribution in [3.8, 4) is 75.1 Å². The van der Waals surface area contributed by atoms with Crippen molar-refractivity contribution >= 4 is 43.6 Å². The summed E-state index contributed by atoms with van der Waals surface area (Å²) < 4.78 is 4.33. The highest BCUT2D eigenvalue weighted by Crippen LogP contribution is 2.44. The fourth-order valence-electron chi connectivity index (χ4n) is 8.59. The van der Waals surface area contributed by atoms with Gasteiger partial charge in [0.25, 0.3) is 0 Å². The number of benzene rings is 8. The Balaban J connectivity index is 1.33. The lowest BCUT2D eigenvalue weighted by Crippen LogP contribution is -2.05. The molecule has 7 heteroatoms. The number of rotatable bonds is 5. The Bertz CT molecular complexity index is 3450. The fraction of sp³-hybridized carbons (Fsp3) is 0. The maximum Gasteiger partial charge on any atom is 0.0993 e. The molecule has 0 amide bonds. The Labute approximate surface area is 344 Å². The van der Waals surface area contributed by atoms with E-state index in [1.807, 2.05) is 84.9 Å². The molecule has 2 aromatic heterocycles. The van der Waals surface area contributed by atoms with Crippen LogP contribution in [0.5, 0.6) is 0 Å². The molecule has 0 saturated carbocycles. The third-order valence-electron chi connectivity index (χ3n) is 11.2. The first-order valence-corrected chi connectivity index (χ1v) is 19.1. The minimum Gasteiger partial charge on any atom is -0.308 e. The maximum atomic E-state index is 10.8. The van der Waals surface area contributed by atoms with Crippen LogP contribution >= 0.6 is 0 Å². The highest BCUT2D eigenvalue weighted by Gasteiger charge is 2.24. The van der Waals surface area contributed by atoms with Crippen LogP contribution in [0.25, 0.3) is 88.4 Å². The Morgan fingerprint density at radius 3 is 1.12 bits per heavy atom. The third kappa shape index (κ3) is 5.63. The largest absolute Gasteiger partial charge is 0.308 e. The van der Waals surface area contributed by atoms with E-state index in [4.69, 9.17) is 0 Å². The first-order valence-electron chi connectivity index (χ1n) is 19.1. The first-order chi connectivity index (χ1) is 29.5. The fourth-order valence-corrected chi connectivity index (χ4v) is 8.59. The van der Waals surface area contributed by atoms with E-state index in [1.165, 1.54) is 0 Å². The van der Waals surface area contributed by atoms with Crippen molar-refractivity contribution in [2.45, 2.75) is 0 Å². The van der Waals surface area contributed by atoms with Gasteiger partial charge in [0.05, 0.1) is 91.6 Å². The molecule has 0 spiro atoms. The van der Waals surface area contributed by atoms with Crippen molar-refractivity contribution in [2.24, 2.45) is 0 Å². The summed E-state index contributed by atoms with van der Waals surface area (Å²) in [6, 6.07) is 64.3. The van der Waals surface area contributed by atoms with Crippen LogP contribution in [0.3, 0.4) is 0 Å². The second-order valence-electron chi connectivity index (χ2n) is 14.6. The molecule has 60 heavy (non-hydrogen) atoms. The highest BCUT2D eigenvalue weighted by molar-refractivity contribution is 6.13. The molecule has 0 bridgehead atoms. The molecule has 0 unspecified atom stereocenters. The molecule has 274 valence electrons. The predicted molar refractivity (Wildman–Crippen MR) is 235 cm³/mol. The van der Waals surface area contributed by atoms with Gasteiger partial charge in [0, 0.05) is 27.1 Å². The summed E-state index contributed by atoms with van der Waals surface area (Å²) in [6.45, 7) is 0. The van der Waals surface area contributed by atoms with E-state index in [-0.39, 0.29) is 0 Å². The molecule has 0 aliphatic heterocycles. The van der Waals surface area contributed by atoms with Gasteiger partial charge < -0.3 is 9.13 Å². The summed E-state index contributed by atoms with van der Waals surface area (Å²) >= 11 is 0. The van der Waals surface area contributed by atoms with Crippen LogP contribution in [0.4, 0.5) is 0 Å². The Hall–Kier alpha value is -9.19. The first kappa shape index (κ1) is 35.2. The summed E-state index contributed by atoms with van der Waals surface area (Å²) in [7, 11) is 0. The van der Waals surface area contributed by atoms with Crippen LogP contribution in [0.1, 0.15) is 27.8 Å². The number of hydrogen-bond donors (Lipinski definition) is 0. The molecular weight excluding hydrogens is 735 g/mol. The van der Waals surface area contributed by atoms with Crippen LogP contribution in [-0.2, 0) is 0 Å². The molecule has 7 nitrogen and oxygen atoms in total. The normalized spacial score (nSPS) is 10.9. The molecule has 2 heterocycles. The van der Waals surface area contributed by atoms with Gasteiger partial charge in [-0.25, -0.2) is 0 Å². The van der Waals surface area contributed by atoms with E-state index in [9.17, 15) is 26.3 Å². The molecule has 0 aliphatic carbocycles. The zero-order chi connectivity index (χ0) is 40.9. The van der Waals surface area contributed by atoms with E-state index >= 15 is 0 Å².